The molecule has 1 aliphatic rings. The Bertz CT molecular complexity index is 1180. The van der Waals surface area contributed by atoms with Gasteiger partial charge in [0.2, 0.25) is 21.8 Å². The predicted molar refractivity (Wildman–Crippen MR) is 140 cm³/mol. The number of nitrogens with one attached hydrogen (secondary N) is 1. The zero-order valence-corrected chi connectivity index (χ0v) is 22.3. The monoisotopic (exact) mass is 519 g/mol. The highest BCUT2D eigenvalue weighted by atomic mass is 35.5. The van der Waals surface area contributed by atoms with Crippen molar-refractivity contribution in [1.29, 1.82) is 0 Å². The Balaban J connectivity index is 1.91. The largest absolute Gasteiger partial charge is 0.352 e. The highest BCUT2D eigenvalue weighted by Crippen LogP contribution is 2.25. The lowest BCUT2D eigenvalue weighted by Gasteiger charge is -2.32. The van der Waals surface area contributed by atoms with Crippen LogP contribution in [-0.2, 0) is 26.2 Å². The number of amides is 2. The van der Waals surface area contributed by atoms with Crippen LogP contribution >= 0.6 is 11.6 Å². The molecule has 1 fully saturated rings. The first kappa shape index (κ1) is 27.0. The van der Waals surface area contributed by atoms with Gasteiger partial charge < -0.3 is 10.2 Å². The van der Waals surface area contributed by atoms with Crippen LogP contribution in [0.1, 0.15) is 49.3 Å². The average molecular weight is 520 g/mol. The number of sulfonamides is 1. The number of hydrogen-bond acceptors (Lipinski definition) is 4. The highest BCUT2D eigenvalue weighted by molar-refractivity contribution is 7.92. The van der Waals surface area contributed by atoms with E-state index in [1.807, 2.05) is 32.0 Å². The Morgan fingerprint density at radius 2 is 1.77 bits per heavy atom. The Hall–Kier alpha value is -2.58. The predicted octanol–water partition coefficient (Wildman–Crippen LogP) is 4.20. The van der Waals surface area contributed by atoms with Gasteiger partial charge in [-0.1, -0.05) is 60.3 Å². The molecule has 3 rings (SSSR count). The van der Waals surface area contributed by atoms with Crippen LogP contribution in [0, 0.1) is 13.8 Å². The van der Waals surface area contributed by atoms with Gasteiger partial charge in [-0.3, -0.25) is 13.9 Å². The molecule has 190 valence electrons. The summed E-state index contributed by atoms with van der Waals surface area (Å²) >= 11 is 6.36. The van der Waals surface area contributed by atoms with Crippen LogP contribution in [0.3, 0.4) is 0 Å². The van der Waals surface area contributed by atoms with Crippen molar-refractivity contribution in [2.24, 2.45) is 0 Å². The number of rotatable bonds is 9. The number of carbonyl (C=O) groups is 2. The Morgan fingerprint density at radius 3 is 2.37 bits per heavy atom. The van der Waals surface area contributed by atoms with Gasteiger partial charge in [-0.25, -0.2) is 8.42 Å². The molecule has 2 aromatic carbocycles. The van der Waals surface area contributed by atoms with Gasteiger partial charge >= 0.3 is 0 Å². The molecule has 0 spiro atoms. The normalized spacial score (nSPS) is 15.0. The number of carbonyl (C=O) groups excluding carboxylic acids is 2. The van der Waals surface area contributed by atoms with Gasteiger partial charge in [0.15, 0.2) is 0 Å². The molecular formula is C26H34ClN3O4S. The number of aryl methyl sites for hydroxylation is 2. The van der Waals surface area contributed by atoms with E-state index in [1.54, 1.807) is 31.2 Å². The average Bonchev–Trinajstić information content (AvgIpc) is 3.29. The SMILES string of the molecule is Cc1ccc(N(CC(=O)N(Cc2ccccc2Cl)[C@H](C)C(=O)NC2CCCC2)S(C)(=O)=O)c(C)c1. The second-order valence-electron chi connectivity index (χ2n) is 9.34. The van der Waals surface area contributed by atoms with Gasteiger partial charge in [0.05, 0.1) is 11.9 Å². The lowest BCUT2D eigenvalue weighted by atomic mass is 10.1. The Morgan fingerprint density at radius 1 is 1.11 bits per heavy atom. The van der Waals surface area contributed by atoms with Crippen LogP contribution in [0.4, 0.5) is 5.69 Å². The number of nitrogens with zero attached hydrogens (tertiary/aromatic N) is 2. The van der Waals surface area contributed by atoms with Gasteiger partial charge in [-0.05, 0) is 56.9 Å². The number of hydrogen-bond donors (Lipinski definition) is 1. The zero-order valence-electron chi connectivity index (χ0n) is 20.8. The topological polar surface area (TPSA) is 86.8 Å². The fourth-order valence-corrected chi connectivity index (χ4v) is 5.57. The molecule has 7 nitrogen and oxygen atoms in total. The summed E-state index contributed by atoms with van der Waals surface area (Å²) in [5.74, 6) is -0.737. The van der Waals surface area contributed by atoms with E-state index >= 15 is 0 Å². The van der Waals surface area contributed by atoms with Crippen molar-refractivity contribution in [2.45, 2.75) is 65.1 Å². The van der Waals surface area contributed by atoms with Gasteiger partial charge in [-0.2, -0.15) is 0 Å². The first-order valence-corrected chi connectivity index (χ1v) is 14.1. The summed E-state index contributed by atoms with van der Waals surface area (Å²) in [6.07, 6.45) is 5.06. The lowest BCUT2D eigenvalue weighted by Crippen LogP contribution is -2.52. The third-order valence-electron chi connectivity index (χ3n) is 6.47. The van der Waals surface area contributed by atoms with E-state index in [0.29, 0.717) is 16.3 Å². The lowest BCUT2D eigenvalue weighted by molar-refractivity contribution is -0.139. The van der Waals surface area contributed by atoms with Crippen LogP contribution in [-0.4, -0.2) is 50.0 Å². The number of halogens is 1. The van der Waals surface area contributed by atoms with E-state index in [0.717, 1.165) is 47.4 Å². The summed E-state index contributed by atoms with van der Waals surface area (Å²) in [6, 6.07) is 11.8. The van der Waals surface area contributed by atoms with Gasteiger partial charge in [0, 0.05) is 17.6 Å². The van der Waals surface area contributed by atoms with Crippen molar-refractivity contribution in [3.05, 3.63) is 64.2 Å². The Kier molecular flexibility index (Phi) is 8.83. The minimum absolute atomic E-state index is 0.0856. The van der Waals surface area contributed by atoms with Crippen molar-refractivity contribution in [3.8, 4) is 0 Å². The van der Waals surface area contributed by atoms with E-state index in [1.165, 1.54) is 4.90 Å². The molecule has 1 aliphatic carbocycles. The van der Waals surface area contributed by atoms with E-state index in [4.69, 9.17) is 11.6 Å². The molecule has 35 heavy (non-hydrogen) atoms. The van der Waals surface area contributed by atoms with E-state index in [9.17, 15) is 18.0 Å². The number of benzene rings is 2. The minimum Gasteiger partial charge on any atom is -0.352 e. The molecular weight excluding hydrogens is 486 g/mol. The van der Waals surface area contributed by atoms with Crippen molar-refractivity contribution in [1.82, 2.24) is 10.2 Å². The molecule has 0 radical (unpaired) electrons. The highest BCUT2D eigenvalue weighted by Gasteiger charge is 2.32. The Labute approximate surface area is 213 Å². The molecule has 0 aromatic heterocycles. The van der Waals surface area contributed by atoms with Crippen LogP contribution in [0.25, 0.3) is 0 Å². The first-order chi connectivity index (χ1) is 16.5. The fraction of sp³-hybridized carbons (Fsp3) is 0.462. The molecule has 1 saturated carbocycles. The zero-order chi connectivity index (χ0) is 25.8. The van der Waals surface area contributed by atoms with E-state index < -0.39 is 28.5 Å². The van der Waals surface area contributed by atoms with Crippen molar-refractivity contribution in [2.75, 3.05) is 17.1 Å². The van der Waals surface area contributed by atoms with E-state index in [-0.39, 0.29) is 18.5 Å². The summed E-state index contributed by atoms with van der Waals surface area (Å²) in [5.41, 5.74) is 2.85. The molecule has 2 amide bonds. The van der Waals surface area contributed by atoms with Gasteiger partial charge in [0.1, 0.15) is 12.6 Å². The van der Waals surface area contributed by atoms with Crippen molar-refractivity contribution < 1.29 is 18.0 Å². The van der Waals surface area contributed by atoms with Crippen LogP contribution in [0.5, 0.6) is 0 Å². The van der Waals surface area contributed by atoms with E-state index in [2.05, 4.69) is 5.32 Å². The maximum Gasteiger partial charge on any atom is 0.244 e. The summed E-state index contributed by atoms with van der Waals surface area (Å²) in [4.78, 5) is 28.2. The standard InChI is InChI=1S/C26H34ClN3O4S/c1-18-13-14-24(19(2)15-18)30(35(4,33)34)17-25(31)29(16-21-9-5-8-12-23(21)27)20(3)26(32)28-22-10-6-7-11-22/h5,8-9,12-15,20,22H,6-7,10-11,16-17H2,1-4H3,(H,28,32)/t20-/m1/s1. The van der Waals surface area contributed by atoms with Crippen LogP contribution in [0.2, 0.25) is 5.02 Å². The minimum atomic E-state index is -3.77. The van der Waals surface area contributed by atoms with Gasteiger partial charge in [0.25, 0.3) is 0 Å². The van der Waals surface area contributed by atoms with Crippen LogP contribution < -0.4 is 9.62 Å². The summed E-state index contributed by atoms with van der Waals surface area (Å²) in [7, 11) is -3.77. The van der Waals surface area contributed by atoms with Crippen molar-refractivity contribution in [3.63, 3.8) is 0 Å². The molecule has 2 aromatic rings. The van der Waals surface area contributed by atoms with Crippen LogP contribution in [0.15, 0.2) is 42.5 Å². The number of anilines is 1. The second kappa shape index (κ2) is 11.4. The molecule has 0 unspecified atom stereocenters. The quantitative estimate of drug-likeness (QED) is 0.538. The van der Waals surface area contributed by atoms with Gasteiger partial charge in [-0.15, -0.1) is 0 Å². The maximum absolute atomic E-state index is 13.6. The maximum atomic E-state index is 13.6. The molecule has 1 atom stereocenters. The summed E-state index contributed by atoms with van der Waals surface area (Å²) in [6.45, 7) is 5.06. The smallest absolute Gasteiger partial charge is 0.244 e. The second-order valence-corrected chi connectivity index (χ2v) is 11.7. The molecule has 0 aliphatic heterocycles. The first-order valence-electron chi connectivity index (χ1n) is 11.9. The summed E-state index contributed by atoms with van der Waals surface area (Å²) < 4.78 is 26.6. The molecule has 9 heteroatoms. The van der Waals surface area contributed by atoms with Crippen molar-refractivity contribution >= 4 is 39.1 Å². The molecule has 0 bridgehead atoms. The fourth-order valence-electron chi connectivity index (χ4n) is 4.46. The molecule has 0 heterocycles. The third-order valence-corrected chi connectivity index (χ3v) is 7.96. The molecule has 0 saturated heterocycles. The summed E-state index contributed by atoms with van der Waals surface area (Å²) in [5, 5.41) is 3.52. The third kappa shape index (κ3) is 6.98. The molecule has 1 N–H and O–H groups in total.